The largest absolute Gasteiger partial charge is 0.497 e. The van der Waals surface area contributed by atoms with Gasteiger partial charge in [-0.3, -0.25) is 4.79 Å². The fraction of sp³-hybridized carbons (Fsp3) is 0.235. The number of methoxy groups -OCH3 is 1. The number of nitrogens with one attached hydrogen (secondary N) is 1. The van der Waals surface area contributed by atoms with Crippen LogP contribution in [0.5, 0.6) is 5.75 Å². The van der Waals surface area contributed by atoms with Gasteiger partial charge in [0.05, 0.1) is 19.3 Å². The zero-order chi connectivity index (χ0) is 15.2. The van der Waals surface area contributed by atoms with Crippen molar-refractivity contribution >= 4 is 5.91 Å². The average molecular weight is 285 g/mol. The number of ether oxygens (including phenoxy) is 1. The molecule has 0 bridgehead atoms. The van der Waals surface area contributed by atoms with E-state index in [2.05, 4.69) is 5.32 Å². The van der Waals surface area contributed by atoms with Gasteiger partial charge in [0, 0.05) is 5.56 Å². The summed E-state index contributed by atoms with van der Waals surface area (Å²) in [6.45, 7) is 1.77. The van der Waals surface area contributed by atoms with E-state index in [0.29, 0.717) is 5.56 Å². The smallest absolute Gasteiger partial charge is 0.251 e. The standard InChI is InChI=1S/C17H19NO3/c1-12(18-17(20)14-6-4-3-5-7-14)16(19)13-8-10-15(21-2)11-9-13/h3-12,16,19H,1-2H3,(H,18,20). The summed E-state index contributed by atoms with van der Waals surface area (Å²) in [4.78, 5) is 12.0. The first-order valence-corrected chi connectivity index (χ1v) is 6.79. The molecule has 0 spiro atoms. The van der Waals surface area contributed by atoms with Crippen LogP contribution in [0.4, 0.5) is 0 Å². The molecule has 2 unspecified atom stereocenters. The second kappa shape index (κ2) is 6.90. The van der Waals surface area contributed by atoms with E-state index in [1.165, 1.54) is 0 Å². The molecule has 0 saturated carbocycles. The van der Waals surface area contributed by atoms with Gasteiger partial charge in [0.1, 0.15) is 5.75 Å². The van der Waals surface area contributed by atoms with Crippen LogP contribution in [0.1, 0.15) is 28.9 Å². The van der Waals surface area contributed by atoms with Crippen molar-refractivity contribution < 1.29 is 14.6 Å². The van der Waals surface area contributed by atoms with Crippen molar-refractivity contribution in [1.29, 1.82) is 0 Å². The van der Waals surface area contributed by atoms with Crippen LogP contribution < -0.4 is 10.1 Å². The molecule has 0 fully saturated rings. The Morgan fingerprint density at radius 1 is 1.10 bits per heavy atom. The maximum atomic E-state index is 12.0. The fourth-order valence-corrected chi connectivity index (χ4v) is 2.05. The van der Waals surface area contributed by atoms with Gasteiger partial charge in [0.25, 0.3) is 5.91 Å². The monoisotopic (exact) mass is 285 g/mol. The number of aliphatic hydroxyl groups excluding tert-OH is 1. The minimum Gasteiger partial charge on any atom is -0.497 e. The van der Waals surface area contributed by atoms with E-state index in [1.54, 1.807) is 62.6 Å². The first-order chi connectivity index (χ1) is 10.1. The summed E-state index contributed by atoms with van der Waals surface area (Å²) in [6, 6.07) is 15.7. The van der Waals surface area contributed by atoms with E-state index >= 15 is 0 Å². The number of rotatable bonds is 5. The van der Waals surface area contributed by atoms with E-state index < -0.39 is 12.1 Å². The normalized spacial score (nSPS) is 13.3. The Kier molecular flexibility index (Phi) is 4.95. The molecular weight excluding hydrogens is 266 g/mol. The molecule has 2 aromatic carbocycles. The van der Waals surface area contributed by atoms with Crippen LogP contribution in [-0.4, -0.2) is 24.2 Å². The summed E-state index contributed by atoms with van der Waals surface area (Å²) in [5, 5.41) is 13.1. The summed E-state index contributed by atoms with van der Waals surface area (Å²) >= 11 is 0. The molecule has 0 saturated heterocycles. The zero-order valence-corrected chi connectivity index (χ0v) is 12.1. The Hall–Kier alpha value is -2.33. The molecule has 4 heteroatoms. The molecule has 0 aliphatic rings. The van der Waals surface area contributed by atoms with Crippen LogP contribution in [0, 0.1) is 0 Å². The van der Waals surface area contributed by atoms with Crippen LogP contribution in [0.25, 0.3) is 0 Å². The predicted molar refractivity (Wildman–Crippen MR) is 81.3 cm³/mol. The SMILES string of the molecule is COc1ccc(C(O)C(C)NC(=O)c2ccccc2)cc1. The highest BCUT2D eigenvalue weighted by atomic mass is 16.5. The first-order valence-electron chi connectivity index (χ1n) is 6.79. The molecule has 2 atom stereocenters. The second-order valence-corrected chi connectivity index (χ2v) is 4.85. The maximum Gasteiger partial charge on any atom is 0.251 e. The highest BCUT2D eigenvalue weighted by molar-refractivity contribution is 5.94. The number of hydrogen-bond donors (Lipinski definition) is 2. The van der Waals surface area contributed by atoms with Gasteiger partial charge in [0.2, 0.25) is 0 Å². The van der Waals surface area contributed by atoms with Crippen LogP contribution in [-0.2, 0) is 0 Å². The van der Waals surface area contributed by atoms with E-state index in [4.69, 9.17) is 4.74 Å². The van der Waals surface area contributed by atoms with E-state index in [9.17, 15) is 9.90 Å². The van der Waals surface area contributed by atoms with Gasteiger partial charge in [0.15, 0.2) is 0 Å². The Balaban J connectivity index is 2.01. The minimum atomic E-state index is -0.774. The molecule has 0 radical (unpaired) electrons. The topological polar surface area (TPSA) is 58.6 Å². The van der Waals surface area contributed by atoms with Crippen LogP contribution in [0.3, 0.4) is 0 Å². The van der Waals surface area contributed by atoms with Gasteiger partial charge in [-0.1, -0.05) is 30.3 Å². The van der Waals surface area contributed by atoms with Crippen molar-refractivity contribution in [2.75, 3.05) is 7.11 Å². The molecule has 1 amide bonds. The third kappa shape index (κ3) is 3.83. The Morgan fingerprint density at radius 3 is 2.29 bits per heavy atom. The average Bonchev–Trinajstić information content (AvgIpc) is 2.55. The van der Waals surface area contributed by atoms with Crippen LogP contribution in [0.15, 0.2) is 54.6 Å². The van der Waals surface area contributed by atoms with Crippen molar-refractivity contribution in [2.24, 2.45) is 0 Å². The highest BCUT2D eigenvalue weighted by Gasteiger charge is 2.19. The van der Waals surface area contributed by atoms with E-state index in [0.717, 1.165) is 11.3 Å². The molecule has 110 valence electrons. The van der Waals surface area contributed by atoms with Crippen molar-refractivity contribution in [3.63, 3.8) is 0 Å². The number of amides is 1. The number of aliphatic hydroxyl groups is 1. The third-order valence-electron chi connectivity index (χ3n) is 3.33. The maximum absolute atomic E-state index is 12.0. The molecule has 2 aromatic rings. The third-order valence-corrected chi connectivity index (χ3v) is 3.33. The zero-order valence-electron chi connectivity index (χ0n) is 12.1. The summed E-state index contributed by atoms with van der Waals surface area (Å²) in [6.07, 6.45) is -0.774. The van der Waals surface area contributed by atoms with Crippen molar-refractivity contribution in [1.82, 2.24) is 5.32 Å². The summed E-state index contributed by atoms with van der Waals surface area (Å²) < 4.78 is 5.08. The minimum absolute atomic E-state index is 0.198. The van der Waals surface area contributed by atoms with Crippen LogP contribution in [0.2, 0.25) is 0 Å². The summed E-state index contributed by atoms with van der Waals surface area (Å²) in [5.74, 6) is 0.530. The lowest BCUT2D eigenvalue weighted by molar-refractivity contribution is 0.0852. The van der Waals surface area contributed by atoms with Crippen molar-refractivity contribution in [2.45, 2.75) is 19.1 Å². The molecule has 4 nitrogen and oxygen atoms in total. The highest BCUT2D eigenvalue weighted by Crippen LogP contribution is 2.20. The Morgan fingerprint density at radius 2 is 1.71 bits per heavy atom. The van der Waals surface area contributed by atoms with Gasteiger partial charge >= 0.3 is 0 Å². The molecule has 0 aliphatic heterocycles. The number of benzene rings is 2. The quantitative estimate of drug-likeness (QED) is 0.887. The Bertz CT molecular complexity index is 581. The summed E-state index contributed by atoms with van der Waals surface area (Å²) in [5.41, 5.74) is 1.31. The lowest BCUT2D eigenvalue weighted by atomic mass is 10.0. The van der Waals surface area contributed by atoms with Gasteiger partial charge in [-0.05, 0) is 36.8 Å². The van der Waals surface area contributed by atoms with Crippen molar-refractivity contribution in [3.8, 4) is 5.75 Å². The lowest BCUT2D eigenvalue weighted by Crippen LogP contribution is -2.37. The number of hydrogen-bond acceptors (Lipinski definition) is 3. The van der Waals surface area contributed by atoms with Crippen molar-refractivity contribution in [3.05, 3.63) is 65.7 Å². The second-order valence-electron chi connectivity index (χ2n) is 4.85. The Labute approximate surface area is 124 Å². The van der Waals surface area contributed by atoms with Gasteiger partial charge < -0.3 is 15.2 Å². The summed E-state index contributed by atoms with van der Waals surface area (Å²) in [7, 11) is 1.59. The number of carbonyl (C=O) groups excluding carboxylic acids is 1. The predicted octanol–water partition coefficient (Wildman–Crippen LogP) is 2.55. The van der Waals surface area contributed by atoms with E-state index in [1.807, 2.05) is 6.07 Å². The van der Waals surface area contributed by atoms with Crippen LogP contribution >= 0.6 is 0 Å². The molecule has 0 aliphatic carbocycles. The van der Waals surface area contributed by atoms with Gasteiger partial charge in [-0.25, -0.2) is 0 Å². The first kappa shape index (κ1) is 15.1. The fourth-order valence-electron chi connectivity index (χ4n) is 2.05. The molecular formula is C17H19NO3. The van der Waals surface area contributed by atoms with Gasteiger partial charge in [-0.15, -0.1) is 0 Å². The molecule has 21 heavy (non-hydrogen) atoms. The molecule has 0 aromatic heterocycles. The lowest BCUT2D eigenvalue weighted by Gasteiger charge is -2.21. The number of carbonyl (C=O) groups is 1. The molecule has 2 N–H and O–H groups in total. The van der Waals surface area contributed by atoms with E-state index in [-0.39, 0.29) is 5.91 Å². The van der Waals surface area contributed by atoms with Gasteiger partial charge in [-0.2, -0.15) is 0 Å². The molecule has 2 rings (SSSR count). The molecule has 0 heterocycles.